The average Bonchev–Trinajstić information content (AvgIpc) is 2.39. The number of benzene rings is 1. The van der Waals surface area contributed by atoms with Crippen molar-refractivity contribution in [1.82, 2.24) is 10.7 Å². The molecular formula is C12H18N4OS. The molecule has 0 aliphatic carbocycles. The highest BCUT2D eigenvalue weighted by atomic mass is 32.1. The lowest BCUT2D eigenvalue weighted by atomic mass is 10.2. The topological polar surface area (TPSA) is 59.9 Å². The molecule has 0 amide bonds. The van der Waals surface area contributed by atoms with E-state index in [0.717, 1.165) is 11.3 Å². The Morgan fingerprint density at radius 1 is 1.44 bits per heavy atom. The second kappa shape index (κ2) is 7.62. The molecule has 0 aromatic heterocycles. The van der Waals surface area contributed by atoms with Gasteiger partial charge in [-0.25, -0.2) is 0 Å². The summed E-state index contributed by atoms with van der Waals surface area (Å²) in [6.07, 6.45) is 1.69. The molecular weight excluding hydrogens is 248 g/mol. The first-order chi connectivity index (χ1) is 8.67. The molecule has 98 valence electrons. The summed E-state index contributed by atoms with van der Waals surface area (Å²) in [6, 6.07) is 7.87. The fourth-order valence-corrected chi connectivity index (χ4v) is 1.37. The molecule has 0 fully saturated rings. The van der Waals surface area contributed by atoms with Crippen LogP contribution in [0.3, 0.4) is 0 Å². The van der Waals surface area contributed by atoms with E-state index in [-0.39, 0.29) is 6.61 Å². The largest absolute Gasteiger partial charge is 0.395 e. The predicted octanol–water partition coefficient (Wildman–Crippen LogP) is 0.543. The monoisotopic (exact) mass is 266 g/mol. The summed E-state index contributed by atoms with van der Waals surface area (Å²) in [7, 11) is 3.67. The molecule has 0 heterocycles. The molecule has 1 aromatic carbocycles. The molecule has 1 rings (SSSR count). The smallest absolute Gasteiger partial charge is 0.186 e. The maximum absolute atomic E-state index is 8.85. The van der Waals surface area contributed by atoms with Crippen molar-refractivity contribution < 1.29 is 5.11 Å². The van der Waals surface area contributed by atoms with Crippen LogP contribution in [0.4, 0.5) is 5.69 Å². The highest BCUT2D eigenvalue weighted by Crippen LogP contribution is 2.12. The van der Waals surface area contributed by atoms with Gasteiger partial charge in [-0.05, 0) is 29.9 Å². The Hall–Kier alpha value is -1.66. The number of rotatable bonds is 5. The second-order valence-corrected chi connectivity index (χ2v) is 4.09. The number of hydrogen-bond acceptors (Lipinski definition) is 4. The Bertz CT molecular complexity index is 405. The molecule has 18 heavy (non-hydrogen) atoms. The molecule has 0 saturated heterocycles. The van der Waals surface area contributed by atoms with Crippen LogP contribution in [0.15, 0.2) is 29.4 Å². The molecule has 0 radical (unpaired) electrons. The Kier molecular flexibility index (Phi) is 6.10. The number of hydrazone groups is 1. The summed E-state index contributed by atoms with van der Waals surface area (Å²) in [6.45, 7) is 0.760. The van der Waals surface area contributed by atoms with Crippen molar-refractivity contribution in [3.63, 3.8) is 0 Å². The van der Waals surface area contributed by atoms with Crippen LogP contribution in [-0.2, 0) is 0 Å². The Labute approximate surface area is 112 Å². The second-order valence-electron chi connectivity index (χ2n) is 3.69. The molecule has 0 aliphatic heterocycles. The minimum atomic E-state index is 0.144. The Morgan fingerprint density at radius 2 is 2.11 bits per heavy atom. The summed E-state index contributed by atoms with van der Waals surface area (Å²) < 4.78 is 0. The van der Waals surface area contributed by atoms with Crippen molar-refractivity contribution in [2.45, 2.75) is 0 Å². The van der Waals surface area contributed by atoms with Crippen LogP contribution in [0.2, 0.25) is 0 Å². The van der Waals surface area contributed by atoms with Gasteiger partial charge in [0, 0.05) is 26.3 Å². The SMILES string of the molecule is CNC(=S)N/N=C\c1ccc(N(C)CCO)cc1. The van der Waals surface area contributed by atoms with E-state index in [2.05, 4.69) is 15.8 Å². The number of hydrogen-bond donors (Lipinski definition) is 3. The third-order valence-electron chi connectivity index (χ3n) is 2.38. The fraction of sp³-hybridized carbons (Fsp3) is 0.333. The number of nitrogens with zero attached hydrogens (tertiary/aromatic N) is 2. The maximum atomic E-state index is 8.85. The predicted molar refractivity (Wildman–Crippen MR) is 79.2 cm³/mol. The number of aliphatic hydroxyl groups is 1. The van der Waals surface area contributed by atoms with Crippen LogP contribution < -0.4 is 15.6 Å². The number of likely N-dealkylation sites (N-methyl/N-ethyl adjacent to an activating group) is 1. The van der Waals surface area contributed by atoms with E-state index in [0.29, 0.717) is 11.7 Å². The lowest BCUT2D eigenvalue weighted by molar-refractivity contribution is 0.304. The summed E-state index contributed by atoms with van der Waals surface area (Å²) >= 11 is 4.89. The maximum Gasteiger partial charge on any atom is 0.186 e. The molecule has 0 atom stereocenters. The van der Waals surface area contributed by atoms with Crippen molar-refractivity contribution in [2.24, 2.45) is 5.10 Å². The van der Waals surface area contributed by atoms with Gasteiger partial charge in [0.1, 0.15) is 0 Å². The van der Waals surface area contributed by atoms with Crippen molar-refractivity contribution in [2.75, 3.05) is 32.1 Å². The average molecular weight is 266 g/mol. The first kappa shape index (κ1) is 14.4. The molecule has 1 aromatic rings. The van der Waals surface area contributed by atoms with E-state index in [1.54, 1.807) is 13.3 Å². The van der Waals surface area contributed by atoms with E-state index in [4.69, 9.17) is 17.3 Å². The summed E-state index contributed by atoms with van der Waals surface area (Å²) in [4.78, 5) is 1.98. The standard InChI is InChI=1S/C12H18N4OS/c1-13-12(18)15-14-9-10-3-5-11(6-4-10)16(2)7-8-17/h3-6,9,17H,7-8H2,1-2H3,(H2,13,15,18)/b14-9-. The molecule has 0 saturated carbocycles. The van der Waals surface area contributed by atoms with Crippen LogP contribution >= 0.6 is 12.2 Å². The molecule has 0 unspecified atom stereocenters. The molecule has 6 heteroatoms. The normalized spacial score (nSPS) is 10.4. The highest BCUT2D eigenvalue weighted by molar-refractivity contribution is 7.80. The first-order valence-corrected chi connectivity index (χ1v) is 6.01. The van der Waals surface area contributed by atoms with Gasteiger partial charge < -0.3 is 15.3 Å². The van der Waals surface area contributed by atoms with Gasteiger partial charge in [-0.15, -0.1) is 0 Å². The number of aliphatic hydroxyl groups excluding tert-OH is 1. The van der Waals surface area contributed by atoms with Gasteiger partial charge in [-0.2, -0.15) is 5.10 Å². The van der Waals surface area contributed by atoms with Crippen molar-refractivity contribution >= 4 is 29.2 Å². The molecule has 0 bridgehead atoms. The quantitative estimate of drug-likeness (QED) is 0.413. The van der Waals surface area contributed by atoms with E-state index in [1.807, 2.05) is 36.2 Å². The number of nitrogens with one attached hydrogen (secondary N) is 2. The van der Waals surface area contributed by atoms with Crippen molar-refractivity contribution in [1.29, 1.82) is 0 Å². The zero-order chi connectivity index (χ0) is 13.4. The van der Waals surface area contributed by atoms with E-state index >= 15 is 0 Å². The Balaban J connectivity index is 2.57. The fourth-order valence-electron chi connectivity index (χ4n) is 1.32. The van der Waals surface area contributed by atoms with Gasteiger partial charge in [-0.1, -0.05) is 12.1 Å². The van der Waals surface area contributed by atoms with Gasteiger partial charge in [0.25, 0.3) is 0 Å². The van der Waals surface area contributed by atoms with Crippen LogP contribution in [0.5, 0.6) is 0 Å². The molecule has 3 N–H and O–H groups in total. The zero-order valence-corrected chi connectivity index (χ0v) is 11.4. The summed E-state index contributed by atoms with van der Waals surface area (Å²) in [5, 5.41) is 16.1. The minimum Gasteiger partial charge on any atom is -0.395 e. The summed E-state index contributed by atoms with van der Waals surface area (Å²) in [5.41, 5.74) is 4.71. The van der Waals surface area contributed by atoms with Crippen LogP contribution in [0.1, 0.15) is 5.56 Å². The van der Waals surface area contributed by atoms with E-state index in [1.165, 1.54) is 0 Å². The van der Waals surface area contributed by atoms with Crippen molar-refractivity contribution in [3.05, 3.63) is 29.8 Å². The van der Waals surface area contributed by atoms with Crippen LogP contribution in [-0.4, -0.2) is 43.7 Å². The van der Waals surface area contributed by atoms with Gasteiger partial charge in [0.05, 0.1) is 12.8 Å². The van der Waals surface area contributed by atoms with Gasteiger partial charge in [0.2, 0.25) is 0 Å². The molecule has 5 nitrogen and oxygen atoms in total. The number of anilines is 1. The number of thiocarbonyl (C=S) groups is 1. The van der Waals surface area contributed by atoms with Crippen LogP contribution in [0.25, 0.3) is 0 Å². The zero-order valence-electron chi connectivity index (χ0n) is 10.6. The lowest BCUT2D eigenvalue weighted by Gasteiger charge is -2.17. The third kappa shape index (κ3) is 4.68. The first-order valence-electron chi connectivity index (χ1n) is 5.60. The Morgan fingerprint density at radius 3 is 2.67 bits per heavy atom. The highest BCUT2D eigenvalue weighted by Gasteiger charge is 1.98. The van der Waals surface area contributed by atoms with Gasteiger partial charge >= 0.3 is 0 Å². The van der Waals surface area contributed by atoms with Gasteiger partial charge in [-0.3, -0.25) is 5.43 Å². The lowest BCUT2D eigenvalue weighted by Crippen LogP contribution is -2.28. The molecule has 0 aliphatic rings. The van der Waals surface area contributed by atoms with Crippen molar-refractivity contribution in [3.8, 4) is 0 Å². The third-order valence-corrected chi connectivity index (χ3v) is 2.67. The minimum absolute atomic E-state index is 0.144. The summed E-state index contributed by atoms with van der Waals surface area (Å²) in [5.74, 6) is 0. The van der Waals surface area contributed by atoms with Crippen LogP contribution in [0, 0.1) is 0 Å². The molecule has 0 spiro atoms. The van der Waals surface area contributed by atoms with E-state index in [9.17, 15) is 0 Å². The van der Waals surface area contributed by atoms with E-state index < -0.39 is 0 Å². The van der Waals surface area contributed by atoms with Gasteiger partial charge in [0.15, 0.2) is 5.11 Å².